The summed E-state index contributed by atoms with van der Waals surface area (Å²) in [6.07, 6.45) is -2.34. The van der Waals surface area contributed by atoms with Crippen LogP contribution in [0.15, 0.2) is 22.7 Å². The molecule has 0 amide bonds. The summed E-state index contributed by atoms with van der Waals surface area (Å²) in [6, 6.07) is 3.98. The third-order valence-corrected chi connectivity index (χ3v) is 4.33. The first kappa shape index (κ1) is 17.4. The molecule has 0 saturated carbocycles. The van der Waals surface area contributed by atoms with Crippen molar-refractivity contribution in [2.75, 3.05) is 26.2 Å². The minimum absolute atomic E-state index is 0.280. The second-order valence-electron chi connectivity index (χ2n) is 5.51. The molecular weight excluding hydrogens is 363 g/mol. The Morgan fingerprint density at radius 3 is 2.59 bits per heavy atom. The lowest BCUT2D eigenvalue weighted by Gasteiger charge is -2.30. The monoisotopic (exact) mass is 381 g/mol. The molecule has 0 spiro atoms. The van der Waals surface area contributed by atoms with Gasteiger partial charge in [0.05, 0.1) is 4.47 Å². The predicted octanol–water partition coefficient (Wildman–Crippen LogP) is 4.46. The van der Waals surface area contributed by atoms with E-state index in [4.69, 9.17) is 4.74 Å². The Balaban J connectivity index is 1.85. The summed E-state index contributed by atoms with van der Waals surface area (Å²) >= 11 is 3.27. The van der Waals surface area contributed by atoms with Crippen LogP contribution in [0.3, 0.4) is 0 Å². The van der Waals surface area contributed by atoms with Crippen LogP contribution in [-0.4, -0.2) is 37.5 Å². The highest BCUT2D eigenvalue weighted by atomic mass is 79.9. The Morgan fingerprint density at radius 2 is 1.95 bits per heavy atom. The molecule has 7 heteroatoms. The molecule has 1 aromatic rings. The highest BCUT2D eigenvalue weighted by Crippen LogP contribution is 2.32. The van der Waals surface area contributed by atoms with Crippen molar-refractivity contribution in [1.29, 1.82) is 0 Å². The fourth-order valence-electron chi connectivity index (χ4n) is 2.36. The van der Waals surface area contributed by atoms with Crippen molar-refractivity contribution < 1.29 is 22.6 Å². The number of alkyl halides is 3. The van der Waals surface area contributed by atoms with Gasteiger partial charge < -0.3 is 9.47 Å². The Labute approximate surface area is 136 Å². The quantitative estimate of drug-likeness (QED) is 0.751. The molecule has 1 fully saturated rings. The van der Waals surface area contributed by atoms with Gasteiger partial charge in [0.2, 0.25) is 0 Å². The van der Waals surface area contributed by atoms with Gasteiger partial charge in [0.1, 0.15) is 18.1 Å². The highest BCUT2D eigenvalue weighted by molar-refractivity contribution is 9.10. The molecule has 124 valence electrons. The van der Waals surface area contributed by atoms with E-state index in [2.05, 4.69) is 32.5 Å². The van der Waals surface area contributed by atoms with E-state index in [-0.39, 0.29) is 5.75 Å². The van der Waals surface area contributed by atoms with Gasteiger partial charge in [-0.15, -0.1) is 13.2 Å². The molecule has 22 heavy (non-hydrogen) atoms. The molecular formula is C15H19BrF3NO2. The van der Waals surface area contributed by atoms with E-state index in [0.29, 0.717) is 16.8 Å². The van der Waals surface area contributed by atoms with Crippen molar-refractivity contribution in [3.63, 3.8) is 0 Å². The fraction of sp³-hybridized carbons (Fsp3) is 0.600. The van der Waals surface area contributed by atoms with Gasteiger partial charge >= 0.3 is 6.36 Å². The topological polar surface area (TPSA) is 21.7 Å². The number of hydrogen-bond acceptors (Lipinski definition) is 3. The van der Waals surface area contributed by atoms with Crippen LogP contribution < -0.4 is 9.47 Å². The number of ether oxygens (including phenoxy) is 2. The molecule has 3 nitrogen and oxygen atoms in total. The SMILES string of the molecule is CC1CCN(CCOc2cc(OC(F)(F)F)ccc2Br)CC1. The number of likely N-dealkylation sites (tertiary alicyclic amines) is 1. The van der Waals surface area contributed by atoms with Gasteiger partial charge in [-0.25, -0.2) is 0 Å². The van der Waals surface area contributed by atoms with E-state index in [1.807, 2.05) is 0 Å². The van der Waals surface area contributed by atoms with Crippen LogP contribution in [0.1, 0.15) is 19.8 Å². The van der Waals surface area contributed by atoms with Crippen LogP contribution in [0.5, 0.6) is 11.5 Å². The van der Waals surface area contributed by atoms with Crippen LogP contribution in [0.25, 0.3) is 0 Å². The van der Waals surface area contributed by atoms with E-state index < -0.39 is 6.36 Å². The van der Waals surface area contributed by atoms with Gasteiger partial charge in [0, 0.05) is 12.6 Å². The molecule has 1 saturated heterocycles. The molecule has 1 aromatic carbocycles. The van der Waals surface area contributed by atoms with E-state index in [1.165, 1.54) is 31.0 Å². The average molecular weight is 382 g/mol. The zero-order chi connectivity index (χ0) is 16.2. The molecule has 0 atom stereocenters. The largest absolute Gasteiger partial charge is 0.573 e. The second-order valence-corrected chi connectivity index (χ2v) is 6.37. The Bertz CT molecular complexity index is 488. The average Bonchev–Trinajstić information content (AvgIpc) is 2.43. The molecule has 1 aliphatic heterocycles. The van der Waals surface area contributed by atoms with Gasteiger partial charge in [-0.05, 0) is 59.9 Å². The summed E-state index contributed by atoms with van der Waals surface area (Å²) in [5.74, 6) is 0.840. The Hall–Kier alpha value is -0.950. The zero-order valence-electron chi connectivity index (χ0n) is 12.3. The number of benzene rings is 1. The Kier molecular flexibility index (Phi) is 5.97. The molecule has 0 aromatic heterocycles. The number of nitrogens with zero attached hydrogens (tertiary/aromatic N) is 1. The third-order valence-electron chi connectivity index (χ3n) is 3.68. The fourth-order valence-corrected chi connectivity index (χ4v) is 2.72. The van der Waals surface area contributed by atoms with Crippen LogP contribution in [0.2, 0.25) is 0 Å². The molecule has 0 N–H and O–H groups in total. The van der Waals surface area contributed by atoms with Crippen molar-refractivity contribution in [2.45, 2.75) is 26.1 Å². The summed E-state index contributed by atoms with van der Waals surface area (Å²) in [7, 11) is 0. The second kappa shape index (κ2) is 7.55. The normalized spacial score (nSPS) is 17.5. The number of piperidine rings is 1. The summed E-state index contributed by atoms with van der Waals surface area (Å²) in [4.78, 5) is 2.31. The standard InChI is InChI=1S/C15H19BrF3NO2/c1-11-4-6-20(7-5-11)8-9-21-14-10-12(2-3-13(14)16)22-15(17,18)19/h2-3,10-11H,4-9H2,1H3. The molecule has 0 unspecified atom stereocenters. The summed E-state index contributed by atoms with van der Waals surface area (Å²) < 4.78 is 46.7. The molecule has 0 radical (unpaired) electrons. The lowest BCUT2D eigenvalue weighted by molar-refractivity contribution is -0.274. The van der Waals surface area contributed by atoms with Crippen LogP contribution in [0.4, 0.5) is 13.2 Å². The van der Waals surface area contributed by atoms with Gasteiger partial charge in [-0.3, -0.25) is 4.90 Å². The first-order valence-electron chi connectivity index (χ1n) is 7.24. The summed E-state index contributed by atoms with van der Waals surface area (Å²) in [6.45, 7) is 5.54. The van der Waals surface area contributed by atoms with Gasteiger partial charge in [0.15, 0.2) is 0 Å². The van der Waals surface area contributed by atoms with Crippen LogP contribution in [-0.2, 0) is 0 Å². The lowest BCUT2D eigenvalue weighted by Crippen LogP contribution is -2.35. The molecule has 0 aliphatic carbocycles. The molecule has 0 bridgehead atoms. The minimum atomic E-state index is -4.70. The predicted molar refractivity (Wildman–Crippen MR) is 81.2 cm³/mol. The highest BCUT2D eigenvalue weighted by Gasteiger charge is 2.31. The first-order valence-corrected chi connectivity index (χ1v) is 8.03. The van der Waals surface area contributed by atoms with E-state index in [9.17, 15) is 13.2 Å². The maximum absolute atomic E-state index is 12.2. The zero-order valence-corrected chi connectivity index (χ0v) is 13.9. The number of hydrogen-bond donors (Lipinski definition) is 0. The smallest absolute Gasteiger partial charge is 0.491 e. The van der Waals surface area contributed by atoms with Crippen molar-refractivity contribution in [1.82, 2.24) is 4.90 Å². The summed E-state index contributed by atoms with van der Waals surface area (Å²) in [5.41, 5.74) is 0. The molecule has 2 rings (SSSR count). The van der Waals surface area contributed by atoms with Gasteiger partial charge in [0.25, 0.3) is 0 Å². The van der Waals surface area contributed by atoms with Gasteiger partial charge in [-0.1, -0.05) is 6.92 Å². The van der Waals surface area contributed by atoms with Crippen molar-refractivity contribution in [2.24, 2.45) is 5.92 Å². The summed E-state index contributed by atoms with van der Waals surface area (Å²) in [5, 5.41) is 0. The molecule has 1 heterocycles. The Morgan fingerprint density at radius 1 is 1.27 bits per heavy atom. The van der Waals surface area contributed by atoms with Crippen LogP contribution >= 0.6 is 15.9 Å². The maximum Gasteiger partial charge on any atom is 0.573 e. The third kappa shape index (κ3) is 5.68. The lowest BCUT2D eigenvalue weighted by atomic mass is 9.99. The van der Waals surface area contributed by atoms with Crippen molar-refractivity contribution >= 4 is 15.9 Å². The maximum atomic E-state index is 12.2. The van der Waals surface area contributed by atoms with Crippen molar-refractivity contribution in [3.8, 4) is 11.5 Å². The van der Waals surface area contributed by atoms with Gasteiger partial charge in [-0.2, -0.15) is 0 Å². The first-order chi connectivity index (χ1) is 10.3. The molecule has 1 aliphatic rings. The number of rotatable bonds is 5. The number of halogens is 4. The van der Waals surface area contributed by atoms with E-state index in [1.54, 1.807) is 0 Å². The minimum Gasteiger partial charge on any atom is -0.491 e. The van der Waals surface area contributed by atoms with Crippen molar-refractivity contribution in [3.05, 3.63) is 22.7 Å². The van der Waals surface area contributed by atoms with Crippen LogP contribution in [0, 0.1) is 5.92 Å². The van der Waals surface area contributed by atoms with E-state index in [0.717, 1.165) is 25.6 Å². The van der Waals surface area contributed by atoms with E-state index >= 15 is 0 Å².